The van der Waals surface area contributed by atoms with Crippen LogP contribution < -0.4 is 10.6 Å². The molecule has 0 fully saturated rings. The minimum absolute atomic E-state index is 0.142. The van der Waals surface area contributed by atoms with Crippen molar-refractivity contribution in [2.24, 2.45) is 0 Å². The summed E-state index contributed by atoms with van der Waals surface area (Å²) in [7, 11) is 0. The van der Waals surface area contributed by atoms with Crippen LogP contribution in [-0.4, -0.2) is 21.7 Å². The van der Waals surface area contributed by atoms with Gasteiger partial charge in [0.1, 0.15) is 5.57 Å². The fraction of sp³-hybridized carbons (Fsp3) is 0.0645. The van der Waals surface area contributed by atoms with Gasteiger partial charge in [-0.2, -0.15) is 0 Å². The SMILES string of the molecule is O=C(NCc1ccccc1)C(=Cc1ccc(Sc2nc3ccccc3s2)c([N+](=O)[O-])c1)C(=O)NCc1ccccc1. The summed E-state index contributed by atoms with van der Waals surface area (Å²) >= 11 is 2.66. The van der Waals surface area contributed by atoms with Crippen molar-refractivity contribution in [2.75, 3.05) is 0 Å². The van der Waals surface area contributed by atoms with Crippen molar-refractivity contribution in [1.29, 1.82) is 0 Å². The minimum Gasteiger partial charge on any atom is -0.348 e. The number of amides is 2. The summed E-state index contributed by atoms with van der Waals surface area (Å²) in [5, 5.41) is 17.6. The molecule has 41 heavy (non-hydrogen) atoms. The largest absolute Gasteiger partial charge is 0.348 e. The Kier molecular flexibility index (Phi) is 8.82. The third kappa shape index (κ3) is 7.24. The molecular formula is C31H24N4O4S2. The number of hydrogen-bond acceptors (Lipinski definition) is 7. The molecule has 1 aromatic heterocycles. The highest BCUT2D eigenvalue weighted by molar-refractivity contribution is 8.01. The van der Waals surface area contributed by atoms with Crippen LogP contribution in [0.4, 0.5) is 5.69 Å². The Morgan fingerprint density at radius 1 is 0.829 bits per heavy atom. The summed E-state index contributed by atoms with van der Waals surface area (Å²) in [6.07, 6.45) is 1.37. The summed E-state index contributed by atoms with van der Waals surface area (Å²) < 4.78 is 1.67. The van der Waals surface area contributed by atoms with E-state index in [1.807, 2.05) is 84.9 Å². The molecule has 0 saturated heterocycles. The van der Waals surface area contributed by atoms with Crippen molar-refractivity contribution in [3.63, 3.8) is 0 Å². The zero-order valence-electron chi connectivity index (χ0n) is 21.7. The Labute approximate surface area is 244 Å². The van der Waals surface area contributed by atoms with E-state index in [1.165, 1.54) is 35.2 Å². The van der Waals surface area contributed by atoms with Crippen molar-refractivity contribution in [2.45, 2.75) is 22.3 Å². The Hall–Kier alpha value is -4.80. The number of aromatic nitrogens is 1. The quantitative estimate of drug-likeness (QED) is 0.0652. The number of rotatable bonds is 10. The highest BCUT2D eigenvalue weighted by Gasteiger charge is 2.21. The van der Waals surface area contributed by atoms with Gasteiger partial charge in [0.25, 0.3) is 17.5 Å². The van der Waals surface area contributed by atoms with E-state index in [2.05, 4.69) is 15.6 Å². The van der Waals surface area contributed by atoms with E-state index in [1.54, 1.807) is 12.1 Å². The molecule has 5 aromatic rings. The summed E-state index contributed by atoms with van der Waals surface area (Å²) in [5.41, 5.74) is 2.63. The first-order valence-electron chi connectivity index (χ1n) is 12.6. The van der Waals surface area contributed by atoms with Gasteiger partial charge < -0.3 is 10.6 Å². The number of hydrogen-bond donors (Lipinski definition) is 2. The second kappa shape index (κ2) is 13.0. The molecule has 2 N–H and O–H groups in total. The predicted molar refractivity (Wildman–Crippen MR) is 161 cm³/mol. The van der Waals surface area contributed by atoms with Gasteiger partial charge in [0.15, 0.2) is 4.34 Å². The van der Waals surface area contributed by atoms with Crippen LogP contribution in [0, 0.1) is 10.1 Å². The van der Waals surface area contributed by atoms with Crippen LogP contribution in [0.5, 0.6) is 0 Å². The van der Waals surface area contributed by atoms with E-state index in [0.717, 1.165) is 21.3 Å². The van der Waals surface area contributed by atoms with Gasteiger partial charge in [0.2, 0.25) is 0 Å². The van der Waals surface area contributed by atoms with Gasteiger partial charge in [-0.15, -0.1) is 11.3 Å². The molecule has 0 aliphatic rings. The monoisotopic (exact) mass is 580 g/mol. The average molecular weight is 581 g/mol. The van der Waals surface area contributed by atoms with Gasteiger partial charge in [0.05, 0.1) is 20.0 Å². The van der Waals surface area contributed by atoms with E-state index in [4.69, 9.17) is 0 Å². The first-order chi connectivity index (χ1) is 20.0. The number of fused-ring (bicyclic) bond motifs is 1. The third-order valence-corrected chi connectivity index (χ3v) is 8.21. The van der Waals surface area contributed by atoms with E-state index in [-0.39, 0.29) is 24.4 Å². The Balaban J connectivity index is 1.41. The average Bonchev–Trinajstić information content (AvgIpc) is 3.41. The predicted octanol–water partition coefficient (Wildman–Crippen LogP) is 6.37. The fourth-order valence-corrected chi connectivity index (χ4v) is 6.10. The Morgan fingerprint density at radius 3 is 2.00 bits per heavy atom. The van der Waals surface area contributed by atoms with Crippen molar-refractivity contribution in [3.8, 4) is 0 Å². The zero-order valence-corrected chi connectivity index (χ0v) is 23.3. The molecule has 0 aliphatic carbocycles. The number of nitrogens with zero attached hydrogens (tertiary/aromatic N) is 2. The molecule has 5 rings (SSSR count). The lowest BCUT2D eigenvalue weighted by Gasteiger charge is -2.11. The molecule has 2 amide bonds. The highest BCUT2D eigenvalue weighted by atomic mass is 32.2. The topological polar surface area (TPSA) is 114 Å². The van der Waals surface area contributed by atoms with E-state index >= 15 is 0 Å². The second-order valence-corrected chi connectivity index (χ2v) is 11.2. The van der Waals surface area contributed by atoms with Crippen LogP contribution in [0.1, 0.15) is 16.7 Å². The Morgan fingerprint density at radius 2 is 1.41 bits per heavy atom. The maximum atomic E-state index is 13.2. The van der Waals surface area contributed by atoms with E-state index in [0.29, 0.717) is 14.8 Å². The van der Waals surface area contributed by atoms with Crippen molar-refractivity contribution in [3.05, 3.63) is 136 Å². The molecule has 10 heteroatoms. The molecule has 8 nitrogen and oxygen atoms in total. The maximum absolute atomic E-state index is 13.2. The molecular weight excluding hydrogens is 556 g/mol. The molecule has 1 heterocycles. The van der Waals surface area contributed by atoms with Crippen molar-refractivity contribution in [1.82, 2.24) is 15.6 Å². The lowest BCUT2D eigenvalue weighted by molar-refractivity contribution is -0.387. The highest BCUT2D eigenvalue weighted by Crippen LogP contribution is 2.39. The first-order valence-corrected chi connectivity index (χ1v) is 14.3. The molecule has 0 atom stereocenters. The second-order valence-electron chi connectivity index (χ2n) is 8.93. The molecule has 0 bridgehead atoms. The van der Waals surface area contributed by atoms with E-state index < -0.39 is 16.7 Å². The molecule has 0 unspecified atom stereocenters. The fourth-order valence-electron chi connectivity index (χ4n) is 3.99. The summed E-state index contributed by atoms with van der Waals surface area (Å²) in [4.78, 5) is 42.9. The van der Waals surface area contributed by atoms with Crippen molar-refractivity contribution >= 4 is 56.9 Å². The van der Waals surface area contributed by atoms with Gasteiger partial charge in [0, 0.05) is 19.2 Å². The summed E-state index contributed by atoms with van der Waals surface area (Å²) in [5.74, 6) is -1.18. The van der Waals surface area contributed by atoms with Gasteiger partial charge in [-0.3, -0.25) is 19.7 Å². The van der Waals surface area contributed by atoms with Gasteiger partial charge >= 0.3 is 0 Å². The number of thiazole rings is 1. The number of nitro groups is 1. The molecule has 0 saturated carbocycles. The van der Waals surface area contributed by atoms with Crippen LogP contribution in [0.2, 0.25) is 0 Å². The molecule has 0 spiro atoms. The lowest BCUT2D eigenvalue weighted by atomic mass is 10.1. The lowest BCUT2D eigenvalue weighted by Crippen LogP contribution is -2.34. The number of nitro benzene ring substituents is 1. The number of benzene rings is 4. The van der Waals surface area contributed by atoms with Crippen LogP contribution in [0.25, 0.3) is 16.3 Å². The first kappa shape index (κ1) is 27.8. The van der Waals surface area contributed by atoms with Gasteiger partial charge in [-0.05, 0) is 41.0 Å². The Bertz CT molecular complexity index is 1650. The van der Waals surface area contributed by atoms with Crippen LogP contribution in [0.15, 0.2) is 118 Å². The minimum atomic E-state index is -0.588. The van der Waals surface area contributed by atoms with Gasteiger partial charge in [-0.25, -0.2) is 4.98 Å². The standard InChI is InChI=1S/C31H24N4O4S2/c36-29(32-19-21-9-3-1-4-10-21)24(30(37)33-20-22-11-5-2-6-12-22)17-23-15-16-28(26(18-23)35(38)39)41-31-34-25-13-7-8-14-27(25)40-31/h1-18H,19-20H2,(H,32,36)(H,33,37). The number of para-hydroxylation sites is 1. The van der Waals surface area contributed by atoms with Gasteiger partial charge in [-0.1, -0.05) is 90.6 Å². The number of carbonyl (C=O) groups excluding carboxylic acids is 2. The number of nitrogens with one attached hydrogen (secondary N) is 2. The van der Waals surface area contributed by atoms with Crippen molar-refractivity contribution < 1.29 is 14.5 Å². The summed E-state index contributed by atoms with van der Waals surface area (Å²) in [6.45, 7) is 0.446. The van der Waals surface area contributed by atoms with Crippen LogP contribution in [0.3, 0.4) is 0 Å². The number of carbonyl (C=O) groups is 2. The molecule has 0 radical (unpaired) electrons. The molecule has 0 aliphatic heterocycles. The van der Waals surface area contributed by atoms with E-state index in [9.17, 15) is 19.7 Å². The molecule has 4 aromatic carbocycles. The zero-order chi connectivity index (χ0) is 28.6. The smallest absolute Gasteiger partial charge is 0.283 e. The maximum Gasteiger partial charge on any atom is 0.283 e. The normalized spacial score (nSPS) is 10.6. The summed E-state index contributed by atoms with van der Waals surface area (Å²) in [6, 6.07) is 30.9. The third-order valence-electron chi connectivity index (χ3n) is 6.04. The van der Waals surface area contributed by atoms with Crippen LogP contribution in [-0.2, 0) is 22.7 Å². The molecule has 204 valence electrons. The van der Waals surface area contributed by atoms with Crippen LogP contribution >= 0.6 is 23.1 Å².